The van der Waals surface area contributed by atoms with E-state index in [0.717, 1.165) is 48.9 Å². The van der Waals surface area contributed by atoms with Gasteiger partial charge in [-0.05, 0) is 56.0 Å². The highest BCUT2D eigenvalue weighted by molar-refractivity contribution is 9.10. The second-order valence-electron chi connectivity index (χ2n) is 4.73. The minimum Gasteiger partial charge on any atom is -0.385 e. The van der Waals surface area contributed by atoms with Crippen molar-refractivity contribution >= 4 is 15.9 Å². The molecule has 0 fully saturated rings. The maximum absolute atomic E-state index is 13.8. The summed E-state index contributed by atoms with van der Waals surface area (Å²) in [4.78, 5) is 0. The quantitative estimate of drug-likeness (QED) is 0.692. The highest BCUT2D eigenvalue weighted by Gasteiger charge is 2.12. The van der Waals surface area contributed by atoms with Crippen LogP contribution in [-0.4, -0.2) is 26.3 Å². The lowest BCUT2D eigenvalue weighted by atomic mass is 10.0. The first-order valence-electron chi connectivity index (χ1n) is 6.83. The molecule has 0 heterocycles. The van der Waals surface area contributed by atoms with Crippen LogP contribution < -0.4 is 5.32 Å². The van der Waals surface area contributed by atoms with E-state index >= 15 is 0 Å². The van der Waals surface area contributed by atoms with Gasteiger partial charge >= 0.3 is 0 Å². The van der Waals surface area contributed by atoms with E-state index in [1.54, 1.807) is 13.2 Å². The smallest absolute Gasteiger partial charge is 0.126 e. The van der Waals surface area contributed by atoms with E-state index in [2.05, 4.69) is 28.2 Å². The van der Waals surface area contributed by atoms with Gasteiger partial charge in [-0.3, -0.25) is 0 Å². The van der Waals surface area contributed by atoms with Crippen LogP contribution in [0.3, 0.4) is 0 Å². The lowest BCUT2D eigenvalue weighted by molar-refractivity contribution is 0.188. The topological polar surface area (TPSA) is 21.3 Å². The minimum absolute atomic E-state index is 0.127. The molecule has 0 amide bonds. The standard InChI is InChI=1S/C15H23BrFNO/c1-3-8-18-14(5-4-9-19-2)11-12-10-13(16)6-7-15(12)17/h6-7,10,14,18H,3-5,8-9,11H2,1-2H3. The van der Waals surface area contributed by atoms with Crippen molar-refractivity contribution in [1.29, 1.82) is 0 Å². The minimum atomic E-state index is -0.127. The molecule has 0 radical (unpaired) electrons. The third-order valence-electron chi connectivity index (χ3n) is 3.06. The molecule has 1 aromatic rings. The van der Waals surface area contributed by atoms with Gasteiger partial charge in [-0.15, -0.1) is 0 Å². The van der Waals surface area contributed by atoms with Crippen LogP contribution in [0.1, 0.15) is 31.7 Å². The van der Waals surface area contributed by atoms with Gasteiger partial charge in [0.15, 0.2) is 0 Å². The van der Waals surface area contributed by atoms with Crippen molar-refractivity contribution in [1.82, 2.24) is 5.32 Å². The summed E-state index contributed by atoms with van der Waals surface area (Å²) in [5.41, 5.74) is 0.764. The molecule has 19 heavy (non-hydrogen) atoms. The average Bonchev–Trinajstić information content (AvgIpc) is 2.40. The zero-order valence-corrected chi connectivity index (χ0v) is 13.3. The summed E-state index contributed by atoms with van der Waals surface area (Å²) in [7, 11) is 1.71. The summed E-state index contributed by atoms with van der Waals surface area (Å²) in [6.45, 7) is 3.86. The highest BCUT2D eigenvalue weighted by Crippen LogP contribution is 2.18. The summed E-state index contributed by atoms with van der Waals surface area (Å²) in [5, 5.41) is 3.49. The van der Waals surface area contributed by atoms with E-state index in [4.69, 9.17) is 4.74 Å². The molecule has 0 bridgehead atoms. The number of rotatable bonds is 9. The Morgan fingerprint density at radius 1 is 1.42 bits per heavy atom. The van der Waals surface area contributed by atoms with Gasteiger partial charge < -0.3 is 10.1 Å². The van der Waals surface area contributed by atoms with Gasteiger partial charge in [0.25, 0.3) is 0 Å². The first-order chi connectivity index (χ1) is 9.17. The summed E-state index contributed by atoms with van der Waals surface area (Å²) in [6.07, 6.45) is 3.80. The van der Waals surface area contributed by atoms with E-state index < -0.39 is 0 Å². The van der Waals surface area contributed by atoms with Crippen molar-refractivity contribution in [2.75, 3.05) is 20.3 Å². The fraction of sp³-hybridized carbons (Fsp3) is 0.600. The van der Waals surface area contributed by atoms with Crippen LogP contribution in [-0.2, 0) is 11.2 Å². The number of nitrogens with one attached hydrogen (secondary N) is 1. The van der Waals surface area contributed by atoms with Crippen LogP contribution in [0.25, 0.3) is 0 Å². The van der Waals surface area contributed by atoms with E-state index in [-0.39, 0.29) is 5.82 Å². The van der Waals surface area contributed by atoms with Gasteiger partial charge in [0.1, 0.15) is 5.82 Å². The molecule has 1 atom stereocenters. The highest BCUT2D eigenvalue weighted by atomic mass is 79.9. The van der Waals surface area contributed by atoms with Gasteiger partial charge in [0.2, 0.25) is 0 Å². The van der Waals surface area contributed by atoms with E-state index in [0.29, 0.717) is 6.04 Å². The number of hydrogen-bond donors (Lipinski definition) is 1. The fourth-order valence-electron chi connectivity index (χ4n) is 2.06. The molecule has 0 saturated carbocycles. The molecule has 0 aliphatic rings. The van der Waals surface area contributed by atoms with Crippen molar-refractivity contribution in [3.05, 3.63) is 34.1 Å². The zero-order chi connectivity index (χ0) is 14.1. The van der Waals surface area contributed by atoms with E-state index in [1.807, 2.05) is 6.07 Å². The monoisotopic (exact) mass is 331 g/mol. The fourth-order valence-corrected chi connectivity index (χ4v) is 2.47. The lowest BCUT2D eigenvalue weighted by Gasteiger charge is -2.19. The first kappa shape index (κ1) is 16.6. The van der Waals surface area contributed by atoms with Crippen LogP contribution in [0.2, 0.25) is 0 Å². The largest absolute Gasteiger partial charge is 0.385 e. The van der Waals surface area contributed by atoms with Crippen molar-refractivity contribution < 1.29 is 9.13 Å². The summed E-state index contributed by atoms with van der Waals surface area (Å²) in [6, 6.07) is 5.43. The molecule has 1 aromatic carbocycles. The summed E-state index contributed by atoms with van der Waals surface area (Å²) >= 11 is 3.40. The van der Waals surface area contributed by atoms with Gasteiger partial charge in [-0.25, -0.2) is 4.39 Å². The predicted octanol–water partition coefficient (Wildman–Crippen LogP) is 3.93. The second-order valence-corrected chi connectivity index (χ2v) is 5.64. The third kappa shape index (κ3) is 6.50. The Labute approximate surface area is 123 Å². The Morgan fingerprint density at radius 3 is 2.89 bits per heavy atom. The Bertz CT molecular complexity index is 373. The summed E-state index contributed by atoms with van der Waals surface area (Å²) < 4.78 is 19.8. The molecule has 2 nitrogen and oxygen atoms in total. The van der Waals surface area contributed by atoms with Crippen LogP contribution in [0.5, 0.6) is 0 Å². The van der Waals surface area contributed by atoms with Crippen LogP contribution in [0.4, 0.5) is 4.39 Å². The molecule has 108 valence electrons. The summed E-state index contributed by atoms with van der Waals surface area (Å²) in [5.74, 6) is -0.127. The predicted molar refractivity (Wildman–Crippen MR) is 81.0 cm³/mol. The number of halogens is 2. The SMILES string of the molecule is CCCNC(CCCOC)Cc1cc(Br)ccc1F. The molecule has 0 spiro atoms. The van der Waals surface area contributed by atoms with E-state index in [9.17, 15) is 4.39 Å². The molecular formula is C15H23BrFNO. The molecule has 0 saturated heterocycles. The molecule has 1 N–H and O–H groups in total. The first-order valence-corrected chi connectivity index (χ1v) is 7.63. The molecule has 0 aromatic heterocycles. The number of benzene rings is 1. The van der Waals surface area contributed by atoms with Crippen molar-refractivity contribution in [2.45, 2.75) is 38.6 Å². The Hall–Kier alpha value is -0.450. The normalized spacial score (nSPS) is 12.6. The van der Waals surface area contributed by atoms with Crippen molar-refractivity contribution in [3.63, 3.8) is 0 Å². The molecule has 4 heteroatoms. The van der Waals surface area contributed by atoms with Crippen LogP contribution in [0.15, 0.2) is 22.7 Å². The maximum Gasteiger partial charge on any atom is 0.126 e. The number of ether oxygens (including phenoxy) is 1. The molecule has 0 aliphatic carbocycles. The van der Waals surface area contributed by atoms with Gasteiger partial charge in [0, 0.05) is 24.2 Å². The maximum atomic E-state index is 13.8. The Morgan fingerprint density at radius 2 is 2.21 bits per heavy atom. The van der Waals surface area contributed by atoms with Gasteiger partial charge in [-0.1, -0.05) is 22.9 Å². The third-order valence-corrected chi connectivity index (χ3v) is 3.55. The molecule has 1 unspecified atom stereocenters. The Balaban J connectivity index is 2.61. The van der Waals surface area contributed by atoms with Crippen molar-refractivity contribution in [2.24, 2.45) is 0 Å². The molecule has 0 aliphatic heterocycles. The van der Waals surface area contributed by atoms with Crippen LogP contribution in [0, 0.1) is 5.82 Å². The number of methoxy groups -OCH3 is 1. The van der Waals surface area contributed by atoms with E-state index in [1.165, 1.54) is 6.07 Å². The van der Waals surface area contributed by atoms with Crippen LogP contribution >= 0.6 is 15.9 Å². The lowest BCUT2D eigenvalue weighted by Crippen LogP contribution is -2.32. The second kappa shape index (κ2) is 9.45. The molecular weight excluding hydrogens is 309 g/mol. The zero-order valence-electron chi connectivity index (χ0n) is 11.7. The van der Waals surface area contributed by atoms with Gasteiger partial charge in [0.05, 0.1) is 0 Å². The average molecular weight is 332 g/mol. The Kier molecular flexibility index (Phi) is 8.26. The molecule has 1 rings (SSSR count). The van der Waals surface area contributed by atoms with Crippen molar-refractivity contribution in [3.8, 4) is 0 Å². The van der Waals surface area contributed by atoms with Gasteiger partial charge in [-0.2, -0.15) is 0 Å². The number of hydrogen-bond acceptors (Lipinski definition) is 2.